The normalized spacial score (nSPS) is 12.3. The molecule has 0 spiro atoms. The molecule has 0 saturated heterocycles. The van der Waals surface area contributed by atoms with Gasteiger partial charge in [0.2, 0.25) is 0 Å². The maximum absolute atomic E-state index is 12.3. The molecule has 0 heterocycles. The van der Waals surface area contributed by atoms with Crippen molar-refractivity contribution in [3.63, 3.8) is 0 Å². The molecule has 11 nitrogen and oxygen atoms in total. The Morgan fingerprint density at radius 3 is 1.53 bits per heavy atom. The van der Waals surface area contributed by atoms with Gasteiger partial charge >= 0.3 is 17.7 Å². The predicted molar refractivity (Wildman–Crippen MR) is 307 cm³/mol. The second-order valence-electron chi connectivity index (χ2n) is 18.7. The van der Waals surface area contributed by atoms with Crippen molar-refractivity contribution in [2.45, 2.75) is 138 Å². The first kappa shape index (κ1) is 73.2. The lowest BCUT2D eigenvalue weighted by molar-refractivity contribution is -0.144. The minimum Gasteiger partial charge on any atom is -0.468 e. The van der Waals surface area contributed by atoms with Crippen molar-refractivity contribution in [3.05, 3.63) is 187 Å². The van der Waals surface area contributed by atoms with E-state index in [1.165, 1.54) is 20.3 Å². The smallest absolute Gasteiger partial charge is 0.422 e. The summed E-state index contributed by atoms with van der Waals surface area (Å²) in [5.74, 6) is -1.58. The summed E-state index contributed by atoms with van der Waals surface area (Å²) in [4.78, 5) is 26.2. The van der Waals surface area contributed by atoms with Crippen LogP contribution >= 0.6 is 0 Å². The van der Waals surface area contributed by atoms with Gasteiger partial charge in [-0.1, -0.05) is 199 Å². The van der Waals surface area contributed by atoms with E-state index in [9.17, 15) is 14.7 Å². The maximum Gasteiger partial charge on any atom is 0.422 e. The largest absolute Gasteiger partial charge is 0.468 e. The number of rotatable bonds is 20. The second kappa shape index (κ2) is 37.4. The van der Waals surface area contributed by atoms with Crippen LogP contribution in [0.5, 0.6) is 0 Å². The molecular formula is C59H94N2O9Si2. The van der Waals surface area contributed by atoms with Gasteiger partial charge in [0.15, 0.2) is 16.6 Å². The Bertz CT molecular complexity index is 2120. The zero-order chi connectivity index (χ0) is 51.4. The van der Waals surface area contributed by atoms with Gasteiger partial charge in [-0.2, -0.15) is 4.79 Å². The van der Waals surface area contributed by atoms with Gasteiger partial charge in [-0.25, -0.2) is 4.79 Å². The van der Waals surface area contributed by atoms with Gasteiger partial charge in [0.1, 0.15) is 12.7 Å². The van der Waals surface area contributed by atoms with E-state index in [0.717, 1.165) is 16.7 Å². The quantitative estimate of drug-likeness (QED) is 0.0134. The molecule has 0 aliphatic heterocycles. The maximum atomic E-state index is 12.3. The summed E-state index contributed by atoms with van der Waals surface area (Å²) in [6, 6.07) is 37.9. The molecule has 402 valence electrons. The molecule has 0 amide bonds. The molecule has 4 aromatic carbocycles. The molecule has 0 aliphatic rings. The second-order valence-corrected chi connectivity index (χ2v) is 28.3. The summed E-state index contributed by atoms with van der Waals surface area (Å²) in [6.45, 7) is 35.0. The van der Waals surface area contributed by atoms with E-state index in [4.69, 9.17) is 28.6 Å². The minimum atomic E-state index is -2.02. The van der Waals surface area contributed by atoms with Crippen LogP contribution in [0.4, 0.5) is 0 Å². The Morgan fingerprint density at radius 1 is 0.667 bits per heavy atom. The van der Waals surface area contributed by atoms with Crippen LogP contribution < -0.4 is 0 Å². The van der Waals surface area contributed by atoms with Crippen LogP contribution in [0, 0.1) is 0 Å². The molecule has 0 unspecified atom stereocenters. The first-order chi connectivity index (χ1) is 32.0. The fourth-order valence-electron chi connectivity index (χ4n) is 5.63. The van der Waals surface area contributed by atoms with Crippen LogP contribution in [0.2, 0.25) is 36.3 Å². The molecule has 0 fully saturated rings. The number of hydrogen-bond donors (Lipinski definition) is 1. The summed E-state index contributed by atoms with van der Waals surface area (Å²) in [7, 11) is -0.879. The van der Waals surface area contributed by atoms with Crippen molar-refractivity contribution in [3.8, 4) is 0 Å². The lowest BCUT2D eigenvalue weighted by Gasteiger charge is -2.40. The van der Waals surface area contributed by atoms with Gasteiger partial charge in [0.05, 0.1) is 51.8 Å². The van der Waals surface area contributed by atoms with E-state index in [-0.39, 0.29) is 59.1 Å². The topological polar surface area (TPSA) is 146 Å². The molecule has 0 radical (unpaired) electrons. The number of ether oxygens (including phenoxy) is 4. The highest BCUT2D eigenvalue weighted by atomic mass is 28.4. The van der Waals surface area contributed by atoms with Crippen LogP contribution in [0.3, 0.4) is 0 Å². The Labute approximate surface area is 439 Å². The summed E-state index contributed by atoms with van der Waals surface area (Å²) in [5, 5.41) is 10.4. The van der Waals surface area contributed by atoms with Crippen molar-refractivity contribution in [2.24, 2.45) is 0 Å². The Balaban J connectivity index is -0.000000437. The molecule has 4 atom stereocenters. The number of aliphatic hydroxyl groups excluding tert-OH is 1. The van der Waals surface area contributed by atoms with E-state index < -0.39 is 40.7 Å². The van der Waals surface area contributed by atoms with Crippen LogP contribution in [0.1, 0.15) is 105 Å². The van der Waals surface area contributed by atoms with Crippen LogP contribution in [-0.2, 0) is 44.0 Å². The summed E-state index contributed by atoms with van der Waals surface area (Å²) >= 11 is 0. The summed E-state index contributed by atoms with van der Waals surface area (Å²) < 4.78 is 32.7. The van der Waals surface area contributed by atoms with Crippen molar-refractivity contribution in [1.82, 2.24) is 0 Å². The molecule has 4 rings (SSSR count). The molecule has 4 aromatic rings. The number of carbonyl (C=O) groups is 2. The average Bonchev–Trinajstić information content (AvgIpc) is 3.32. The van der Waals surface area contributed by atoms with Gasteiger partial charge in [0, 0.05) is 5.92 Å². The van der Waals surface area contributed by atoms with Crippen molar-refractivity contribution in [1.29, 1.82) is 0 Å². The number of benzene rings is 4. The van der Waals surface area contributed by atoms with Crippen LogP contribution in [-0.4, -0.2) is 90.6 Å². The van der Waals surface area contributed by atoms with Crippen molar-refractivity contribution in [2.75, 3.05) is 34.2 Å². The number of esters is 2. The van der Waals surface area contributed by atoms with Crippen molar-refractivity contribution >= 4 is 34.3 Å². The first-order valence-corrected chi connectivity index (χ1v) is 28.5. The SMILES string of the molecule is C.C.C.C.C=CCO[Si](C)(C)C(C)(C)C.C=C[C@H](O)[C@H](COCOCc1ccccc1)c1ccccc1.C=C[C@H](O[Si](C)(C)C(C)(C)C)[C@H](C(=O)OC)c1ccccc1.COC(=O)C(=[N+]=[N-])c1ccccc1. The molecule has 13 heteroatoms. The summed E-state index contributed by atoms with van der Waals surface area (Å²) in [5.41, 5.74) is 12.0. The van der Waals surface area contributed by atoms with Gasteiger partial charge in [-0.15, -0.1) is 19.7 Å². The fourth-order valence-corrected chi connectivity index (χ4v) is 7.87. The third-order valence-corrected chi connectivity index (χ3v) is 20.7. The highest BCUT2D eigenvalue weighted by Gasteiger charge is 2.42. The third kappa shape index (κ3) is 25.9. The Morgan fingerprint density at radius 2 is 1.12 bits per heavy atom. The third-order valence-electron chi connectivity index (χ3n) is 11.8. The number of hydrogen-bond acceptors (Lipinski definition) is 9. The van der Waals surface area contributed by atoms with E-state index in [1.807, 2.05) is 97.1 Å². The zero-order valence-corrected chi connectivity index (χ0v) is 44.6. The highest BCUT2D eigenvalue weighted by Crippen LogP contribution is 2.40. The predicted octanol–water partition coefficient (Wildman–Crippen LogP) is 14.6. The molecule has 1 N–H and O–H groups in total. The number of methoxy groups -OCH3 is 2. The monoisotopic (exact) mass is 1030 g/mol. The highest BCUT2D eigenvalue weighted by molar-refractivity contribution is 6.74. The van der Waals surface area contributed by atoms with Crippen LogP contribution in [0.25, 0.3) is 5.53 Å². The number of carbonyl (C=O) groups excluding carboxylic acids is 2. The number of aliphatic hydroxyl groups is 1. The molecule has 0 aromatic heterocycles. The Kier molecular flexibility index (Phi) is 38.0. The first-order valence-electron chi connectivity index (χ1n) is 22.6. The van der Waals surface area contributed by atoms with E-state index >= 15 is 0 Å². The molecular weight excluding hydrogens is 937 g/mol. The Hall–Kier alpha value is -5.35. The average molecular weight is 1030 g/mol. The van der Waals surface area contributed by atoms with E-state index in [2.05, 4.69) is 97.0 Å². The molecule has 0 aliphatic carbocycles. The lowest BCUT2D eigenvalue weighted by Crippen LogP contribution is -2.46. The standard InChI is InChI=1S/C19H22O3.C18H28O3Si.C9H8N2O2.C9H20OSi.4CH4/c1-2-19(20)18(17-11-7-4-8-12-17)14-22-15-21-13-16-9-5-3-6-10-16;1-8-15(21-22(6,7)18(2,3)4)16(17(19)20-5)14-12-10-9-11-13-14;1-13-9(12)8(11-10)7-5-3-2-4-6-7;1-7-8-10-11(5,6)9(2,3)4;;;;/h2-12,18-20H,1,13-15H2;8-13,15-16H,1H2,2-7H3;2-6H,1H3;7H,1,8H2,2-6H3;4*1H4/t18-,19+;15-,16+;;;;;;/m10....../s1. The number of nitrogens with zero attached hydrogens (tertiary/aromatic N) is 2. The lowest BCUT2D eigenvalue weighted by atomic mass is 9.93. The van der Waals surface area contributed by atoms with E-state index in [0.29, 0.717) is 30.4 Å². The van der Waals surface area contributed by atoms with Gasteiger partial charge in [-0.3, -0.25) is 4.79 Å². The zero-order valence-electron chi connectivity index (χ0n) is 42.6. The van der Waals surface area contributed by atoms with Gasteiger partial charge < -0.3 is 38.4 Å². The van der Waals surface area contributed by atoms with E-state index in [1.54, 1.807) is 36.4 Å². The molecule has 0 saturated carbocycles. The fraction of sp³-hybridized carbons (Fsp3) is 0.441. The molecule has 0 bridgehead atoms. The molecule has 72 heavy (non-hydrogen) atoms. The van der Waals surface area contributed by atoms with Gasteiger partial charge in [-0.05, 0) is 65.1 Å². The van der Waals surface area contributed by atoms with Gasteiger partial charge in [0.25, 0.3) is 0 Å². The minimum absolute atomic E-state index is 0. The summed E-state index contributed by atoms with van der Waals surface area (Å²) in [6.07, 6.45) is 4.04. The van der Waals surface area contributed by atoms with Crippen molar-refractivity contribution < 1.29 is 47.3 Å². The van der Waals surface area contributed by atoms with Crippen LogP contribution in [0.15, 0.2) is 159 Å².